The molecule has 1 aromatic rings. The second-order valence-electron chi connectivity index (χ2n) is 5.95. The predicted molar refractivity (Wildman–Crippen MR) is 89.0 cm³/mol. The molecule has 1 unspecified atom stereocenters. The lowest BCUT2D eigenvalue weighted by atomic mass is 9.97. The van der Waals surface area contributed by atoms with Crippen molar-refractivity contribution >= 4 is 21.9 Å². The molecule has 0 spiro atoms. The van der Waals surface area contributed by atoms with E-state index in [4.69, 9.17) is 0 Å². The summed E-state index contributed by atoms with van der Waals surface area (Å²) in [6.07, 6.45) is 0.498. The first-order chi connectivity index (χ1) is 11.2. The van der Waals surface area contributed by atoms with Gasteiger partial charge in [0.1, 0.15) is 0 Å². The molecular weight excluding hydrogens is 332 g/mol. The minimum absolute atomic E-state index is 0.0616. The molecule has 24 heavy (non-hydrogen) atoms. The molecule has 1 aromatic carbocycles. The number of aliphatic carboxylic acids is 1. The Morgan fingerprint density at radius 3 is 2.62 bits per heavy atom. The molecule has 132 valence electrons. The third-order valence-electron chi connectivity index (χ3n) is 4.30. The number of sulfonamides is 1. The largest absolute Gasteiger partial charge is 0.479 e. The van der Waals surface area contributed by atoms with Crippen LogP contribution >= 0.6 is 0 Å². The van der Waals surface area contributed by atoms with Gasteiger partial charge in [-0.25, -0.2) is 17.5 Å². The molecule has 0 radical (unpaired) electrons. The van der Waals surface area contributed by atoms with Gasteiger partial charge in [0, 0.05) is 19.5 Å². The van der Waals surface area contributed by atoms with Crippen LogP contribution in [-0.2, 0) is 19.6 Å². The Labute approximate surface area is 141 Å². The summed E-state index contributed by atoms with van der Waals surface area (Å²) in [5, 5.41) is 11.9. The number of amides is 1. The average molecular weight is 354 g/mol. The van der Waals surface area contributed by atoms with E-state index >= 15 is 0 Å². The van der Waals surface area contributed by atoms with Gasteiger partial charge < -0.3 is 10.4 Å². The highest BCUT2D eigenvalue weighted by molar-refractivity contribution is 7.89. The Bertz CT molecular complexity index is 745. The Hall–Kier alpha value is -1.93. The van der Waals surface area contributed by atoms with E-state index in [9.17, 15) is 23.1 Å². The molecule has 2 N–H and O–H groups in total. The molecule has 7 nitrogen and oxygen atoms in total. The Morgan fingerprint density at radius 2 is 2.04 bits per heavy atom. The second-order valence-corrected chi connectivity index (χ2v) is 8.03. The van der Waals surface area contributed by atoms with E-state index in [0.29, 0.717) is 18.5 Å². The summed E-state index contributed by atoms with van der Waals surface area (Å²) >= 11 is 0. The van der Waals surface area contributed by atoms with Gasteiger partial charge in [-0.15, -0.1) is 0 Å². The zero-order valence-electron chi connectivity index (χ0n) is 13.8. The molecule has 0 saturated carbocycles. The maximum Gasteiger partial charge on any atom is 0.330 e. The number of benzene rings is 1. The summed E-state index contributed by atoms with van der Waals surface area (Å²) in [5.41, 5.74) is 2.29. The van der Waals surface area contributed by atoms with Crippen molar-refractivity contribution in [2.75, 3.05) is 18.8 Å². The molecular formula is C16H22N2O5S. The van der Waals surface area contributed by atoms with E-state index in [1.807, 2.05) is 19.9 Å². The van der Waals surface area contributed by atoms with Crippen LogP contribution in [0.1, 0.15) is 35.6 Å². The molecule has 0 aromatic heterocycles. The fourth-order valence-corrected chi connectivity index (χ4v) is 4.29. The van der Waals surface area contributed by atoms with Crippen molar-refractivity contribution in [2.45, 2.75) is 32.7 Å². The fourth-order valence-electron chi connectivity index (χ4n) is 2.76. The van der Waals surface area contributed by atoms with Gasteiger partial charge in [0.25, 0.3) is 0 Å². The van der Waals surface area contributed by atoms with E-state index in [-0.39, 0.29) is 18.7 Å². The highest BCUT2D eigenvalue weighted by Gasteiger charge is 2.29. The van der Waals surface area contributed by atoms with Crippen LogP contribution in [0.5, 0.6) is 0 Å². The lowest BCUT2D eigenvalue weighted by molar-refractivity contribution is -0.142. The van der Waals surface area contributed by atoms with Gasteiger partial charge in [-0.05, 0) is 37.0 Å². The number of hydrogen-bond acceptors (Lipinski definition) is 4. The predicted octanol–water partition coefficient (Wildman–Crippen LogP) is 0.971. The zero-order chi connectivity index (χ0) is 17.9. The molecule has 0 bridgehead atoms. The van der Waals surface area contributed by atoms with Crippen LogP contribution in [0.2, 0.25) is 0 Å². The van der Waals surface area contributed by atoms with E-state index < -0.39 is 27.9 Å². The summed E-state index contributed by atoms with van der Waals surface area (Å²) in [5.74, 6) is -1.52. The van der Waals surface area contributed by atoms with Crippen molar-refractivity contribution in [3.63, 3.8) is 0 Å². The minimum Gasteiger partial charge on any atom is -0.479 e. The lowest BCUT2D eigenvalue weighted by Gasteiger charge is -2.19. The number of aryl methyl sites for hydroxylation is 1. The van der Waals surface area contributed by atoms with E-state index in [2.05, 4.69) is 5.32 Å². The fraction of sp³-hybridized carbons (Fsp3) is 0.500. The first-order valence-corrected chi connectivity index (χ1v) is 9.39. The highest BCUT2D eigenvalue weighted by atomic mass is 32.2. The van der Waals surface area contributed by atoms with Crippen molar-refractivity contribution < 1.29 is 23.1 Å². The lowest BCUT2D eigenvalue weighted by Crippen LogP contribution is -2.37. The number of carboxylic acid groups (broad SMARTS) is 1. The molecule has 1 fully saturated rings. The Balaban J connectivity index is 2.04. The van der Waals surface area contributed by atoms with E-state index in [0.717, 1.165) is 11.1 Å². The number of nitrogens with zero attached hydrogens (tertiary/aromatic N) is 1. The van der Waals surface area contributed by atoms with Crippen LogP contribution in [0.15, 0.2) is 18.2 Å². The van der Waals surface area contributed by atoms with Gasteiger partial charge in [0.2, 0.25) is 15.9 Å². The number of carbonyl (C=O) groups is 2. The Morgan fingerprint density at radius 1 is 1.33 bits per heavy atom. The molecule has 0 aliphatic carbocycles. The molecule has 2 rings (SSSR count). The number of nitrogens with one attached hydrogen (secondary N) is 1. The summed E-state index contributed by atoms with van der Waals surface area (Å²) in [4.78, 5) is 23.6. The van der Waals surface area contributed by atoms with Gasteiger partial charge in [-0.2, -0.15) is 0 Å². The number of carboxylic acids is 1. The molecule has 1 aliphatic heterocycles. The molecule has 1 heterocycles. The standard InChI is InChI=1S/C16H22N2O5S/c1-11-5-3-6-13(12(11)2)15(16(20)21)17-14(19)7-9-18-8-4-10-24(18,22)23/h3,5-6,15H,4,7-10H2,1-2H3,(H,17,19)(H,20,21). The van der Waals surface area contributed by atoms with Gasteiger partial charge in [0.05, 0.1) is 5.75 Å². The van der Waals surface area contributed by atoms with Gasteiger partial charge >= 0.3 is 5.97 Å². The third kappa shape index (κ3) is 4.12. The topological polar surface area (TPSA) is 104 Å². The minimum atomic E-state index is -3.26. The SMILES string of the molecule is Cc1cccc(C(NC(=O)CCN2CCCS2(=O)=O)C(=O)O)c1C. The summed E-state index contributed by atoms with van der Waals surface area (Å²) in [6.45, 7) is 4.17. The zero-order valence-corrected chi connectivity index (χ0v) is 14.6. The van der Waals surface area contributed by atoms with E-state index in [1.165, 1.54) is 4.31 Å². The third-order valence-corrected chi connectivity index (χ3v) is 6.26. The van der Waals surface area contributed by atoms with Crippen LogP contribution in [0.25, 0.3) is 0 Å². The van der Waals surface area contributed by atoms with Gasteiger partial charge in [0.15, 0.2) is 6.04 Å². The molecule has 1 atom stereocenters. The molecule has 1 saturated heterocycles. The van der Waals surface area contributed by atoms with Crippen LogP contribution in [-0.4, -0.2) is 48.5 Å². The monoisotopic (exact) mass is 354 g/mol. The summed E-state index contributed by atoms with van der Waals surface area (Å²) < 4.78 is 24.7. The highest BCUT2D eigenvalue weighted by Crippen LogP contribution is 2.21. The quantitative estimate of drug-likeness (QED) is 0.792. The smallest absolute Gasteiger partial charge is 0.330 e. The maximum atomic E-state index is 12.1. The average Bonchev–Trinajstić information content (AvgIpc) is 2.84. The van der Waals surface area contributed by atoms with Crippen molar-refractivity contribution in [2.24, 2.45) is 0 Å². The number of rotatable bonds is 6. The Kier molecular flexibility index (Phi) is 5.61. The van der Waals surface area contributed by atoms with Crippen molar-refractivity contribution in [3.8, 4) is 0 Å². The van der Waals surface area contributed by atoms with Crippen molar-refractivity contribution in [1.82, 2.24) is 9.62 Å². The van der Waals surface area contributed by atoms with Crippen molar-refractivity contribution in [1.29, 1.82) is 0 Å². The normalized spacial score (nSPS) is 18.2. The van der Waals surface area contributed by atoms with Crippen LogP contribution in [0.4, 0.5) is 0 Å². The van der Waals surface area contributed by atoms with Crippen molar-refractivity contribution in [3.05, 3.63) is 34.9 Å². The number of hydrogen-bond donors (Lipinski definition) is 2. The van der Waals surface area contributed by atoms with Crippen LogP contribution in [0, 0.1) is 13.8 Å². The molecule has 1 aliphatic rings. The van der Waals surface area contributed by atoms with Crippen LogP contribution in [0.3, 0.4) is 0 Å². The molecule has 1 amide bonds. The number of carbonyl (C=O) groups excluding carboxylic acids is 1. The molecule has 8 heteroatoms. The van der Waals surface area contributed by atoms with Gasteiger partial charge in [-0.1, -0.05) is 18.2 Å². The maximum absolute atomic E-state index is 12.1. The first kappa shape index (κ1) is 18.4. The van der Waals surface area contributed by atoms with Gasteiger partial charge in [-0.3, -0.25) is 4.79 Å². The first-order valence-electron chi connectivity index (χ1n) is 7.78. The second kappa shape index (κ2) is 7.31. The summed E-state index contributed by atoms with van der Waals surface area (Å²) in [6, 6.07) is 4.15. The van der Waals surface area contributed by atoms with E-state index in [1.54, 1.807) is 12.1 Å². The summed E-state index contributed by atoms with van der Waals surface area (Å²) in [7, 11) is -3.26. The van der Waals surface area contributed by atoms with Crippen LogP contribution < -0.4 is 5.32 Å².